The normalized spacial score (nSPS) is 21.4. The molecule has 1 unspecified atom stereocenters. The summed E-state index contributed by atoms with van der Waals surface area (Å²) in [4.78, 5) is 11.4. The number of rotatable bonds is 4. The number of ether oxygens (including phenoxy) is 1. The van der Waals surface area contributed by atoms with Crippen LogP contribution in [0.3, 0.4) is 0 Å². The van der Waals surface area contributed by atoms with Gasteiger partial charge in [0.2, 0.25) is 5.88 Å². The summed E-state index contributed by atoms with van der Waals surface area (Å²) in [6, 6.07) is 2.08. The highest BCUT2D eigenvalue weighted by molar-refractivity contribution is 5.51. The minimum atomic E-state index is 0.516. The van der Waals surface area contributed by atoms with E-state index in [1.165, 1.54) is 29.7 Å². The van der Waals surface area contributed by atoms with E-state index in [-0.39, 0.29) is 0 Å². The first-order valence-corrected chi connectivity index (χ1v) is 9.43. The predicted octanol–water partition coefficient (Wildman–Crippen LogP) is 2.15. The summed E-state index contributed by atoms with van der Waals surface area (Å²) in [6.45, 7) is 2.76. The molecule has 5 rings (SSSR count). The van der Waals surface area contributed by atoms with Gasteiger partial charge in [-0.25, -0.2) is 9.97 Å². The second-order valence-electron chi connectivity index (χ2n) is 7.40. The van der Waals surface area contributed by atoms with E-state index in [0.717, 1.165) is 56.7 Å². The Balaban J connectivity index is 1.22. The van der Waals surface area contributed by atoms with Crippen molar-refractivity contribution in [3.05, 3.63) is 34.9 Å². The predicted molar refractivity (Wildman–Crippen MR) is 93.9 cm³/mol. The zero-order chi connectivity index (χ0) is 16.6. The number of hydrogen-bond acceptors (Lipinski definition) is 6. The molecular formula is C19H23N5O. The van der Waals surface area contributed by atoms with Gasteiger partial charge in [0.05, 0.1) is 12.3 Å². The molecule has 0 saturated carbocycles. The standard InChI is InChI=1S/C19H23N5O/c1-3-14-9-18(23-22-16(14)5-1)25-11-13-7-8-24(10-13)19-15-4-2-6-17(15)20-12-21-19/h9,12-13H,1-8,10-11H2. The van der Waals surface area contributed by atoms with Gasteiger partial charge in [-0.1, -0.05) is 0 Å². The second kappa shape index (κ2) is 6.24. The van der Waals surface area contributed by atoms with Crippen LogP contribution in [0, 0.1) is 5.92 Å². The third-order valence-electron chi connectivity index (χ3n) is 5.70. The molecule has 1 aliphatic heterocycles. The van der Waals surface area contributed by atoms with Crippen LogP contribution in [0.25, 0.3) is 0 Å². The molecular weight excluding hydrogens is 314 g/mol. The lowest BCUT2D eigenvalue weighted by Crippen LogP contribution is -2.24. The summed E-state index contributed by atoms with van der Waals surface area (Å²) in [5, 5.41) is 8.53. The Labute approximate surface area is 147 Å². The van der Waals surface area contributed by atoms with Crippen molar-refractivity contribution < 1.29 is 4.74 Å². The average Bonchev–Trinajstić information content (AvgIpc) is 3.38. The highest BCUT2D eigenvalue weighted by atomic mass is 16.5. The molecule has 1 saturated heterocycles. The Bertz CT molecular complexity index is 793. The number of anilines is 1. The van der Waals surface area contributed by atoms with Crippen molar-refractivity contribution >= 4 is 5.82 Å². The average molecular weight is 337 g/mol. The molecule has 0 spiro atoms. The van der Waals surface area contributed by atoms with Gasteiger partial charge in [-0.05, 0) is 50.5 Å². The van der Waals surface area contributed by atoms with Gasteiger partial charge in [0.15, 0.2) is 0 Å². The van der Waals surface area contributed by atoms with Crippen molar-refractivity contribution in [2.45, 2.75) is 44.9 Å². The first-order chi connectivity index (χ1) is 12.4. The van der Waals surface area contributed by atoms with E-state index in [2.05, 4.69) is 31.1 Å². The van der Waals surface area contributed by atoms with Gasteiger partial charge < -0.3 is 9.64 Å². The number of hydrogen-bond donors (Lipinski definition) is 0. The Kier molecular flexibility index (Phi) is 3.76. The van der Waals surface area contributed by atoms with Crippen LogP contribution < -0.4 is 9.64 Å². The minimum Gasteiger partial charge on any atom is -0.476 e. The summed E-state index contributed by atoms with van der Waals surface area (Å²) in [5.74, 6) is 2.35. The van der Waals surface area contributed by atoms with Crippen LogP contribution in [0.5, 0.6) is 5.88 Å². The quantitative estimate of drug-likeness (QED) is 0.852. The molecule has 0 amide bonds. The van der Waals surface area contributed by atoms with E-state index in [1.54, 1.807) is 6.33 Å². The molecule has 0 radical (unpaired) electrons. The van der Waals surface area contributed by atoms with Crippen LogP contribution in [0.4, 0.5) is 5.82 Å². The van der Waals surface area contributed by atoms with E-state index in [9.17, 15) is 0 Å². The lowest BCUT2D eigenvalue weighted by Gasteiger charge is -2.20. The van der Waals surface area contributed by atoms with Crippen molar-refractivity contribution in [3.63, 3.8) is 0 Å². The molecule has 6 heteroatoms. The zero-order valence-corrected chi connectivity index (χ0v) is 14.4. The Morgan fingerprint density at radius 1 is 1.04 bits per heavy atom. The van der Waals surface area contributed by atoms with Gasteiger partial charge in [-0.2, -0.15) is 5.10 Å². The lowest BCUT2D eigenvalue weighted by atomic mass is 10.1. The number of nitrogens with zero attached hydrogens (tertiary/aromatic N) is 5. The van der Waals surface area contributed by atoms with Crippen LogP contribution in [0.2, 0.25) is 0 Å². The fourth-order valence-corrected chi connectivity index (χ4v) is 4.36. The Morgan fingerprint density at radius 3 is 2.96 bits per heavy atom. The van der Waals surface area contributed by atoms with E-state index in [1.807, 2.05) is 0 Å². The molecule has 3 aliphatic rings. The maximum absolute atomic E-state index is 5.96. The third-order valence-corrected chi connectivity index (χ3v) is 5.70. The molecule has 2 aromatic rings. The van der Waals surface area contributed by atoms with E-state index >= 15 is 0 Å². The summed E-state index contributed by atoms with van der Waals surface area (Å²) in [5.41, 5.74) is 5.08. The Morgan fingerprint density at radius 2 is 1.96 bits per heavy atom. The van der Waals surface area contributed by atoms with Crippen LogP contribution >= 0.6 is 0 Å². The summed E-state index contributed by atoms with van der Waals surface area (Å²) in [6.07, 6.45) is 9.64. The highest BCUT2D eigenvalue weighted by Gasteiger charge is 2.28. The van der Waals surface area contributed by atoms with Gasteiger partial charge in [0, 0.05) is 36.3 Å². The number of aromatic nitrogens is 4. The van der Waals surface area contributed by atoms with Crippen LogP contribution in [0.1, 0.15) is 41.8 Å². The SMILES string of the molecule is c1nc2c(c(N3CCC(COc4cc5c(nn4)CCC5)C3)n1)CCC2. The fraction of sp³-hybridized carbons (Fsp3) is 0.579. The lowest BCUT2D eigenvalue weighted by molar-refractivity contribution is 0.249. The van der Waals surface area contributed by atoms with E-state index < -0.39 is 0 Å². The van der Waals surface area contributed by atoms with Crippen LogP contribution in [-0.2, 0) is 25.7 Å². The molecule has 2 aliphatic carbocycles. The fourth-order valence-electron chi connectivity index (χ4n) is 4.36. The van der Waals surface area contributed by atoms with Crippen molar-refractivity contribution in [2.75, 3.05) is 24.6 Å². The topological polar surface area (TPSA) is 64.0 Å². The summed E-state index contributed by atoms with van der Waals surface area (Å²) >= 11 is 0. The van der Waals surface area contributed by atoms with E-state index in [4.69, 9.17) is 4.74 Å². The van der Waals surface area contributed by atoms with E-state index in [0.29, 0.717) is 18.4 Å². The van der Waals surface area contributed by atoms with Gasteiger partial charge in [-0.15, -0.1) is 5.10 Å². The van der Waals surface area contributed by atoms with Gasteiger partial charge in [-0.3, -0.25) is 0 Å². The van der Waals surface area contributed by atoms with Gasteiger partial charge in [0.25, 0.3) is 0 Å². The first-order valence-electron chi connectivity index (χ1n) is 9.43. The monoisotopic (exact) mass is 337 g/mol. The minimum absolute atomic E-state index is 0.516. The van der Waals surface area contributed by atoms with Crippen molar-refractivity contribution in [1.82, 2.24) is 20.2 Å². The molecule has 25 heavy (non-hydrogen) atoms. The largest absolute Gasteiger partial charge is 0.476 e. The van der Waals surface area contributed by atoms with Gasteiger partial charge >= 0.3 is 0 Å². The molecule has 1 fully saturated rings. The summed E-state index contributed by atoms with van der Waals surface area (Å²) in [7, 11) is 0. The molecule has 2 aromatic heterocycles. The number of aryl methyl sites for hydroxylation is 3. The van der Waals surface area contributed by atoms with Crippen molar-refractivity contribution in [1.29, 1.82) is 0 Å². The molecule has 0 N–H and O–H groups in total. The molecule has 3 heterocycles. The van der Waals surface area contributed by atoms with Crippen LogP contribution in [-0.4, -0.2) is 39.9 Å². The molecule has 0 bridgehead atoms. The van der Waals surface area contributed by atoms with Crippen LogP contribution in [0.15, 0.2) is 12.4 Å². The Hall–Kier alpha value is -2.24. The first kappa shape index (κ1) is 15.0. The highest BCUT2D eigenvalue weighted by Crippen LogP contribution is 2.31. The second-order valence-corrected chi connectivity index (χ2v) is 7.40. The molecule has 130 valence electrons. The molecule has 1 atom stereocenters. The summed E-state index contributed by atoms with van der Waals surface area (Å²) < 4.78 is 5.96. The molecule has 6 nitrogen and oxygen atoms in total. The van der Waals surface area contributed by atoms with Crippen molar-refractivity contribution in [2.24, 2.45) is 5.92 Å². The third kappa shape index (κ3) is 2.83. The maximum Gasteiger partial charge on any atom is 0.233 e. The maximum atomic E-state index is 5.96. The number of fused-ring (bicyclic) bond motifs is 2. The molecule has 0 aromatic carbocycles. The zero-order valence-electron chi connectivity index (χ0n) is 14.4. The van der Waals surface area contributed by atoms with Crippen molar-refractivity contribution in [3.8, 4) is 5.88 Å². The smallest absolute Gasteiger partial charge is 0.233 e. The van der Waals surface area contributed by atoms with Gasteiger partial charge in [0.1, 0.15) is 12.1 Å².